The quantitative estimate of drug-likeness (QED) is 0.912. The predicted octanol–water partition coefficient (Wildman–Crippen LogP) is 2.02. The Kier molecular flexibility index (Phi) is 3.25. The number of nitrogens with zero attached hydrogens (tertiary/aromatic N) is 2. The van der Waals surface area contributed by atoms with Crippen LogP contribution >= 0.6 is 0 Å². The molecule has 0 bridgehead atoms. The minimum atomic E-state index is -0.510. The molecule has 1 aliphatic heterocycles. The van der Waals surface area contributed by atoms with Gasteiger partial charge in [-0.25, -0.2) is 4.98 Å². The van der Waals surface area contributed by atoms with E-state index in [1.165, 1.54) is 11.1 Å². The summed E-state index contributed by atoms with van der Waals surface area (Å²) >= 11 is 0. The molecule has 0 radical (unpaired) electrons. The number of rotatable bonds is 4. The average Bonchev–Trinajstić information content (AvgIpc) is 3.03. The second kappa shape index (κ2) is 5.05. The van der Waals surface area contributed by atoms with Gasteiger partial charge in [0.1, 0.15) is 17.7 Å². The van der Waals surface area contributed by atoms with Crippen LogP contribution in [0.25, 0.3) is 0 Å². The van der Waals surface area contributed by atoms with E-state index in [2.05, 4.69) is 17.1 Å². The van der Waals surface area contributed by atoms with Crippen molar-refractivity contribution in [3.8, 4) is 5.75 Å². The summed E-state index contributed by atoms with van der Waals surface area (Å²) < 4.78 is 7.35. The van der Waals surface area contributed by atoms with Crippen molar-refractivity contribution < 1.29 is 9.84 Å². The van der Waals surface area contributed by atoms with Gasteiger partial charge >= 0.3 is 0 Å². The highest BCUT2D eigenvalue weighted by Crippen LogP contribution is 2.27. The maximum atomic E-state index is 10.1. The van der Waals surface area contributed by atoms with Gasteiger partial charge in [0.15, 0.2) is 0 Å². The van der Waals surface area contributed by atoms with Gasteiger partial charge in [-0.05, 0) is 30.0 Å². The first-order valence-corrected chi connectivity index (χ1v) is 6.64. The second-order valence-corrected chi connectivity index (χ2v) is 4.99. The van der Waals surface area contributed by atoms with E-state index in [1.54, 1.807) is 6.20 Å². The molecule has 4 nitrogen and oxygen atoms in total. The monoisotopic (exact) mass is 258 g/mol. The molecular weight excluding hydrogens is 240 g/mol. The molecule has 1 unspecified atom stereocenters. The molecule has 1 aromatic carbocycles. The maximum Gasteiger partial charge on any atom is 0.137 e. The first-order valence-electron chi connectivity index (χ1n) is 6.64. The topological polar surface area (TPSA) is 47.3 Å². The molecule has 4 heteroatoms. The Balaban J connectivity index is 1.65. The van der Waals surface area contributed by atoms with E-state index in [1.807, 2.05) is 23.9 Å². The Morgan fingerprint density at radius 1 is 1.47 bits per heavy atom. The third kappa shape index (κ3) is 2.49. The molecule has 19 heavy (non-hydrogen) atoms. The number of benzene rings is 1. The molecule has 1 N–H and O–H groups in total. The van der Waals surface area contributed by atoms with Gasteiger partial charge in [-0.15, -0.1) is 0 Å². The molecule has 2 aromatic rings. The fraction of sp³-hybridized carbons (Fsp3) is 0.400. The number of aromatic nitrogens is 2. The van der Waals surface area contributed by atoms with Crippen molar-refractivity contribution in [3.63, 3.8) is 0 Å². The van der Waals surface area contributed by atoms with E-state index in [0.29, 0.717) is 6.42 Å². The Morgan fingerprint density at radius 2 is 2.37 bits per heavy atom. The number of imidazole rings is 1. The highest BCUT2D eigenvalue weighted by molar-refractivity contribution is 5.39. The molecule has 1 atom stereocenters. The van der Waals surface area contributed by atoms with Crippen LogP contribution in [-0.2, 0) is 19.9 Å². The minimum Gasteiger partial charge on any atom is -0.493 e. The van der Waals surface area contributed by atoms with E-state index < -0.39 is 6.10 Å². The number of aliphatic hydroxyl groups excluding tert-OH is 1. The van der Waals surface area contributed by atoms with Crippen LogP contribution in [0.4, 0.5) is 0 Å². The van der Waals surface area contributed by atoms with Gasteiger partial charge in [0.25, 0.3) is 0 Å². The van der Waals surface area contributed by atoms with E-state index in [-0.39, 0.29) is 0 Å². The number of ether oxygens (including phenoxy) is 1. The van der Waals surface area contributed by atoms with Crippen molar-refractivity contribution in [3.05, 3.63) is 47.5 Å². The summed E-state index contributed by atoms with van der Waals surface area (Å²) in [5.41, 5.74) is 2.53. The molecule has 1 aliphatic rings. The van der Waals surface area contributed by atoms with Gasteiger partial charge in [0, 0.05) is 25.9 Å². The third-order valence-electron chi connectivity index (χ3n) is 3.62. The molecule has 1 aromatic heterocycles. The largest absolute Gasteiger partial charge is 0.493 e. The summed E-state index contributed by atoms with van der Waals surface area (Å²) in [4.78, 5) is 4.18. The van der Waals surface area contributed by atoms with Crippen molar-refractivity contribution in [2.24, 2.45) is 7.05 Å². The number of aryl methyl sites for hydroxylation is 2. The maximum absolute atomic E-state index is 10.1. The molecule has 0 spiro atoms. The Labute approximate surface area is 112 Å². The van der Waals surface area contributed by atoms with Gasteiger partial charge in [0.05, 0.1) is 6.61 Å². The normalized spacial score (nSPS) is 15.1. The lowest BCUT2D eigenvalue weighted by atomic mass is 10.0. The van der Waals surface area contributed by atoms with Crippen LogP contribution in [0.5, 0.6) is 5.75 Å². The summed E-state index contributed by atoms with van der Waals surface area (Å²) in [6.45, 7) is 0.786. The third-order valence-corrected chi connectivity index (χ3v) is 3.62. The lowest BCUT2D eigenvalue weighted by Crippen LogP contribution is -2.06. The van der Waals surface area contributed by atoms with Crippen molar-refractivity contribution in [1.29, 1.82) is 0 Å². The molecule has 100 valence electrons. The van der Waals surface area contributed by atoms with Gasteiger partial charge < -0.3 is 14.4 Å². The average molecular weight is 258 g/mol. The van der Waals surface area contributed by atoms with Crippen LogP contribution in [0.1, 0.15) is 29.5 Å². The zero-order valence-electron chi connectivity index (χ0n) is 11.0. The second-order valence-electron chi connectivity index (χ2n) is 4.99. The molecule has 3 rings (SSSR count). The van der Waals surface area contributed by atoms with Gasteiger partial charge in [-0.1, -0.05) is 12.1 Å². The van der Waals surface area contributed by atoms with Crippen molar-refractivity contribution >= 4 is 0 Å². The van der Waals surface area contributed by atoms with Crippen molar-refractivity contribution in [2.75, 3.05) is 6.61 Å². The van der Waals surface area contributed by atoms with Crippen LogP contribution < -0.4 is 4.74 Å². The van der Waals surface area contributed by atoms with Gasteiger partial charge in [-0.3, -0.25) is 0 Å². The SMILES string of the molecule is Cn1ccnc1C(O)CCc1ccc2c(c1)CCO2. The van der Waals surface area contributed by atoms with E-state index in [9.17, 15) is 5.11 Å². The molecule has 0 fully saturated rings. The molecule has 2 heterocycles. The number of fused-ring (bicyclic) bond motifs is 1. The van der Waals surface area contributed by atoms with Crippen molar-refractivity contribution in [1.82, 2.24) is 9.55 Å². The summed E-state index contributed by atoms with van der Waals surface area (Å²) in [5.74, 6) is 1.73. The molecule has 0 saturated heterocycles. The fourth-order valence-corrected chi connectivity index (χ4v) is 2.53. The Morgan fingerprint density at radius 3 is 3.16 bits per heavy atom. The van der Waals surface area contributed by atoms with E-state index in [0.717, 1.165) is 31.0 Å². The van der Waals surface area contributed by atoms with Gasteiger partial charge in [0.2, 0.25) is 0 Å². The zero-order valence-corrected chi connectivity index (χ0v) is 11.0. The van der Waals surface area contributed by atoms with Crippen LogP contribution in [0.2, 0.25) is 0 Å². The standard InChI is InChI=1S/C15H18N2O2/c1-17-8-7-16-15(17)13(18)4-2-11-3-5-14-12(10-11)6-9-19-14/h3,5,7-8,10,13,18H,2,4,6,9H2,1H3. The number of aliphatic hydroxyl groups is 1. The molecular formula is C15H18N2O2. The fourth-order valence-electron chi connectivity index (χ4n) is 2.53. The highest BCUT2D eigenvalue weighted by atomic mass is 16.5. The smallest absolute Gasteiger partial charge is 0.137 e. The highest BCUT2D eigenvalue weighted by Gasteiger charge is 2.15. The van der Waals surface area contributed by atoms with Gasteiger partial charge in [-0.2, -0.15) is 0 Å². The summed E-state index contributed by atoms with van der Waals surface area (Å²) in [7, 11) is 1.90. The first-order chi connectivity index (χ1) is 9.24. The van der Waals surface area contributed by atoms with Crippen LogP contribution in [-0.4, -0.2) is 21.3 Å². The summed E-state index contributed by atoms with van der Waals surface area (Å²) in [6, 6.07) is 6.30. The van der Waals surface area contributed by atoms with E-state index >= 15 is 0 Å². The van der Waals surface area contributed by atoms with E-state index in [4.69, 9.17) is 4.74 Å². The van der Waals surface area contributed by atoms with Crippen LogP contribution in [0.3, 0.4) is 0 Å². The van der Waals surface area contributed by atoms with Crippen LogP contribution in [0, 0.1) is 0 Å². The molecule has 0 amide bonds. The summed E-state index contributed by atoms with van der Waals surface area (Å²) in [6.07, 6.45) is 5.58. The van der Waals surface area contributed by atoms with Crippen LogP contribution in [0.15, 0.2) is 30.6 Å². The zero-order chi connectivity index (χ0) is 13.2. The Hall–Kier alpha value is -1.81. The number of hydrogen-bond donors (Lipinski definition) is 1. The summed E-state index contributed by atoms with van der Waals surface area (Å²) in [5, 5.41) is 10.1. The lowest BCUT2D eigenvalue weighted by Gasteiger charge is -2.11. The molecule has 0 aliphatic carbocycles. The Bertz CT molecular complexity index is 577. The minimum absolute atomic E-state index is 0.510. The first kappa shape index (κ1) is 12.2. The number of hydrogen-bond acceptors (Lipinski definition) is 3. The predicted molar refractivity (Wildman–Crippen MR) is 72.1 cm³/mol. The lowest BCUT2D eigenvalue weighted by molar-refractivity contribution is 0.154. The molecule has 0 saturated carbocycles. The van der Waals surface area contributed by atoms with Crippen molar-refractivity contribution in [2.45, 2.75) is 25.4 Å².